The lowest BCUT2D eigenvalue weighted by atomic mass is 10.1. The first-order chi connectivity index (χ1) is 10.4. The number of ether oxygens (including phenoxy) is 1. The molecular formula is C17H18O4S. The summed E-state index contributed by atoms with van der Waals surface area (Å²) in [4.78, 5) is 12.6. The molecule has 22 heavy (non-hydrogen) atoms. The second kappa shape index (κ2) is 6.32. The zero-order chi connectivity index (χ0) is 16.3. The first-order valence-corrected chi connectivity index (χ1v) is 8.39. The molecule has 0 saturated carbocycles. The third-order valence-corrected chi connectivity index (χ3v) is 5.61. The number of sulfone groups is 1. The summed E-state index contributed by atoms with van der Waals surface area (Å²) in [5.41, 5.74) is 1.29. The van der Waals surface area contributed by atoms with Gasteiger partial charge < -0.3 is 4.74 Å². The van der Waals surface area contributed by atoms with Gasteiger partial charge in [0, 0.05) is 5.56 Å². The van der Waals surface area contributed by atoms with Crippen LogP contribution in [-0.2, 0) is 9.84 Å². The van der Waals surface area contributed by atoms with Crippen LogP contribution in [0.4, 0.5) is 0 Å². The molecule has 0 fully saturated rings. The van der Waals surface area contributed by atoms with Crippen molar-refractivity contribution >= 4 is 15.6 Å². The Morgan fingerprint density at radius 3 is 2.32 bits per heavy atom. The monoisotopic (exact) mass is 318 g/mol. The number of hydrogen-bond acceptors (Lipinski definition) is 4. The van der Waals surface area contributed by atoms with Crippen molar-refractivity contribution in [2.24, 2.45) is 0 Å². The molecule has 4 nitrogen and oxygen atoms in total. The molecule has 0 amide bonds. The van der Waals surface area contributed by atoms with Crippen LogP contribution in [0.3, 0.4) is 0 Å². The van der Waals surface area contributed by atoms with Crippen molar-refractivity contribution in [3.05, 3.63) is 59.7 Å². The van der Waals surface area contributed by atoms with E-state index in [9.17, 15) is 13.2 Å². The van der Waals surface area contributed by atoms with Gasteiger partial charge >= 0.3 is 0 Å². The van der Waals surface area contributed by atoms with Gasteiger partial charge in [-0.2, -0.15) is 0 Å². The van der Waals surface area contributed by atoms with Crippen LogP contribution in [0.2, 0.25) is 0 Å². The van der Waals surface area contributed by atoms with Gasteiger partial charge in [-0.05, 0) is 38.1 Å². The Labute approximate surface area is 130 Å². The zero-order valence-corrected chi connectivity index (χ0v) is 13.6. The van der Waals surface area contributed by atoms with Gasteiger partial charge in [0.2, 0.25) is 0 Å². The van der Waals surface area contributed by atoms with Crippen molar-refractivity contribution in [3.63, 3.8) is 0 Å². The fourth-order valence-corrected chi connectivity index (χ4v) is 3.43. The standard InChI is InChI=1S/C17H18O4S/c1-12-7-9-16(10-8-12)22(19,20)13(2)17(18)14-5-4-6-15(11-14)21-3/h4-11,13H,1-3H3. The summed E-state index contributed by atoms with van der Waals surface area (Å²) in [7, 11) is -2.22. The van der Waals surface area contributed by atoms with E-state index in [-0.39, 0.29) is 4.90 Å². The van der Waals surface area contributed by atoms with Crippen LogP contribution in [0.15, 0.2) is 53.4 Å². The molecule has 0 heterocycles. The topological polar surface area (TPSA) is 60.4 Å². The molecule has 2 aromatic rings. The highest BCUT2D eigenvalue weighted by Crippen LogP contribution is 2.21. The van der Waals surface area contributed by atoms with E-state index in [0.29, 0.717) is 11.3 Å². The molecule has 116 valence electrons. The van der Waals surface area contributed by atoms with Gasteiger partial charge in [-0.15, -0.1) is 0 Å². The number of carbonyl (C=O) groups excluding carboxylic acids is 1. The number of benzene rings is 2. The van der Waals surface area contributed by atoms with E-state index < -0.39 is 20.9 Å². The van der Waals surface area contributed by atoms with Gasteiger partial charge in [-0.1, -0.05) is 29.8 Å². The lowest BCUT2D eigenvalue weighted by molar-refractivity contribution is 0.0991. The Bertz CT molecular complexity index is 777. The van der Waals surface area contributed by atoms with Gasteiger partial charge in [0.05, 0.1) is 12.0 Å². The predicted octanol–water partition coefficient (Wildman–Crippen LogP) is 3.05. The molecule has 0 aliphatic heterocycles. The number of rotatable bonds is 5. The summed E-state index contributed by atoms with van der Waals surface area (Å²) in [5, 5.41) is -1.15. The van der Waals surface area contributed by atoms with Crippen molar-refractivity contribution in [2.45, 2.75) is 24.0 Å². The molecule has 0 spiro atoms. The van der Waals surface area contributed by atoms with Crippen molar-refractivity contribution in [2.75, 3.05) is 7.11 Å². The maximum Gasteiger partial charge on any atom is 0.188 e. The van der Waals surface area contributed by atoms with E-state index in [4.69, 9.17) is 4.74 Å². The number of methoxy groups -OCH3 is 1. The molecule has 2 rings (SSSR count). The molecule has 1 atom stereocenters. The fraction of sp³-hybridized carbons (Fsp3) is 0.235. The lowest BCUT2D eigenvalue weighted by Gasteiger charge is -2.13. The third-order valence-electron chi connectivity index (χ3n) is 3.54. The van der Waals surface area contributed by atoms with Crippen LogP contribution in [0, 0.1) is 6.92 Å². The van der Waals surface area contributed by atoms with Crippen molar-refractivity contribution in [3.8, 4) is 5.75 Å². The third kappa shape index (κ3) is 3.20. The van der Waals surface area contributed by atoms with E-state index in [1.807, 2.05) is 6.92 Å². The molecule has 0 radical (unpaired) electrons. The van der Waals surface area contributed by atoms with E-state index in [2.05, 4.69) is 0 Å². The molecule has 0 bridgehead atoms. The van der Waals surface area contributed by atoms with E-state index in [1.165, 1.54) is 26.2 Å². The normalized spacial score (nSPS) is 12.7. The number of Topliss-reactive ketones (excluding diaryl/α,β-unsaturated/α-hetero) is 1. The highest BCUT2D eigenvalue weighted by atomic mass is 32.2. The van der Waals surface area contributed by atoms with Crippen LogP contribution in [-0.4, -0.2) is 26.6 Å². The Morgan fingerprint density at radius 2 is 1.73 bits per heavy atom. The Kier molecular flexibility index (Phi) is 4.66. The molecular weight excluding hydrogens is 300 g/mol. The summed E-state index contributed by atoms with van der Waals surface area (Å²) in [6.45, 7) is 3.29. The van der Waals surface area contributed by atoms with Gasteiger partial charge in [-0.25, -0.2) is 8.42 Å². The smallest absolute Gasteiger partial charge is 0.188 e. The van der Waals surface area contributed by atoms with Gasteiger partial charge in [0.15, 0.2) is 15.6 Å². The van der Waals surface area contributed by atoms with Gasteiger partial charge in [-0.3, -0.25) is 4.79 Å². The van der Waals surface area contributed by atoms with Crippen LogP contribution < -0.4 is 4.74 Å². The summed E-state index contributed by atoms with van der Waals surface area (Å²) in [6, 6.07) is 13.0. The molecule has 0 N–H and O–H groups in total. The van der Waals surface area contributed by atoms with E-state index >= 15 is 0 Å². The van der Waals surface area contributed by atoms with Gasteiger partial charge in [0.1, 0.15) is 11.0 Å². The van der Waals surface area contributed by atoms with Crippen molar-refractivity contribution in [1.82, 2.24) is 0 Å². The summed E-state index contributed by atoms with van der Waals surface area (Å²) in [5.74, 6) is 0.0743. The van der Waals surface area contributed by atoms with E-state index in [0.717, 1.165) is 5.56 Å². The van der Waals surface area contributed by atoms with E-state index in [1.54, 1.807) is 36.4 Å². The molecule has 0 aliphatic rings. The molecule has 2 aromatic carbocycles. The van der Waals surface area contributed by atoms with Crippen LogP contribution in [0.25, 0.3) is 0 Å². The maximum absolute atomic E-state index is 12.6. The highest BCUT2D eigenvalue weighted by Gasteiger charge is 2.30. The number of aryl methyl sites for hydroxylation is 1. The van der Waals surface area contributed by atoms with Crippen LogP contribution in [0.5, 0.6) is 5.75 Å². The lowest BCUT2D eigenvalue weighted by Crippen LogP contribution is -2.27. The quantitative estimate of drug-likeness (QED) is 0.795. The minimum absolute atomic E-state index is 0.154. The molecule has 1 unspecified atom stereocenters. The second-order valence-corrected chi connectivity index (χ2v) is 7.37. The van der Waals surface area contributed by atoms with Crippen LogP contribution >= 0.6 is 0 Å². The fourth-order valence-electron chi connectivity index (χ4n) is 2.08. The number of carbonyl (C=O) groups is 1. The first-order valence-electron chi connectivity index (χ1n) is 6.85. The Morgan fingerprint density at radius 1 is 1.09 bits per heavy atom. The molecule has 0 aromatic heterocycles. The average molecular weight is 318 g/mol. The number of ketones is 1. The molecule has 5 heteroatoms. The predicted molar refractivity (Wildman–Crippen MR) is 85.2 cm³/mol. The van der Waals surface area contributed by atoms with Crippen LogP contribution in [0.1, 0.15) is 22.8 Å². The zero-order valence-electron chi connectivity index (χ0n) is 12.7. The van der Waals surface area contributed by atoms with Crippen molar-refractivity contribution < 1.29 is 17.9 Å². The highest BCUT2D eigenvalue weighted by molar-refractivity contribution is 7.92. The van der Waals surface area contributed by atoms with Crippen molar-refractivity contribution in [1.29, 1.82) is 0 Å². The number of hydrogen-bond donors (Lipinski definition) is 0. The van der Waals surface area contributed by atoms with Gasteiger partial charge in [0.25, 0.3) is 0 Å². The second-order valence-electron chi connectivity index (χ2n) is 5.10. The molecule has 0 aliphatic carbocycles. The summed E-state index contributed by atoms with van der Waals surface area (Å²) in [6.07, 6.45) is 0. The SMILES string of the molecule is COc1cccc(C(=O)C(C)S(=O)(=O)c2ccc(C)cc2)c1. The largest absolute Gasteiger partial charge is 0.497 e. The Hall–Kier alpha value is -2.14. The first kappa shape index (κ1) is 16.2. The summed E-state index contributed by atoms with van der Waals surface area (Å²) < 4.78 is 30.2. The molecule has 0 saturated heterocycles. The minimum Gasteiger partial charge on any atom is -0.497 e. The maximum atomic E-state index is 12.6. The summed E-state index contributed by atoms with van der Waals surface area (Å²) >= 11 is 0. The Balaban J connectivity index is 2.35. The minimum atomic E-state index is -3.71. The average Bonchev–Trinajstić information content (AvgIpc) is 2.53.